The number of hydrogen-bond donors (Lipinski definition) is 1. The molecule has 0 spiro atoms. The van der Waals surface area contributed by atoms with E-state index in [1.54, 1.807) is 6.92 Å². The molecule has 1 atom stereocenters. The van der Waals surface area contributed by atoms with E-state index in [0.717, 1.165) is 14.9 Å². The zero-order valence-corrected chi connectivity index (χ0v) is 11.3. The Bertz CT molecular complexity index is 548. The first-order valence-electron chi connectivity index (χ1n) is 5.30. The van der Waals surface area contributed by atoms with Crippen LogP contribution in [0.3, 0.4) is 0 Å². The Morgan fingerprint density at radius 3 is 2.94 bits per heavy atom. The van der Waals surface area contributed by atoms with Gasteiger partial charge in [-0.3, -0.25) is 0 Å². The van der Waals surface area contributed by atoms with Gasteiger partial charge in [-0.1, -0.05) is 6.92 Å². The van der Waals surface area contributed by atoms with E-state index in [0.29, 0.717) is 11.3 Å². The van der Waals surface area contributed by atoms with Gasteiger partial charge in [0.25, 0.3) is 10.0 Å². The minimum Gasteiger partial charge on any atom is -0.367 e. The number of nitrogens with zero attached hydrogens (tertiary/aromatic N) is 2. The van der Waals surface area contributed by atoms with E-state index in [1.165, 1.54) is 17.6 Å². The van der Waals surface area contributed by atoms with Gasteiger partial charge < -0.3 is 5.11 Å². The molecular formula is C10H14N2O3S2. The van der Waals surface area contributed by atoms with Crippen LogP contribution in [-0.2, 0) is 10.0 Å². The van der Waals surface area contributed by atoms with E-state index >= 15 is 0 Å². The third kappa shape index (κ3) is 2.22. The van der Waals surface area contributed by atoms with Gasteiger partial charge in [-0.15, -0.1) is 11.3 Å². The van der Waals surface area contributed by atoms with Crippen molar-refractivity contribution in [1.82, 2.24) is 4.41 Å². The first-order valence-corrected chi connectivity index (χ1v) is 7.72. The third-order valence-corrected chi connectivity index (χ3v) is 5.31. The average Bonchev–Trinajstić information content (AvgIpc) is 2.59. The lowest BCUT2D eigenvalue weighted by molar-refractivity contribution is 0.0654. The summed E-state index contributed by atoms with van der Waals surface area (Å²) in [5, 5.41) is 13.9. The molecular weight excluding hydrogens is 260 g/mol. The van der Waals surface area contributed by atoms with Crippen LogP contribution in [0.4, 0.5) is 0 Å². The van der Waals surface area contributed by atoms with Crippen LogP contribution in [0, 0.1) is 6.92 Å². The molecule has 5 nitrogen and oxygen atoms in total. The first kappa shape index (κ1) is 12.5. The minimum atomic E-state index is -3.52. The maximum Gasteiger partial charge on any atom is 0.252 e. The molecule has 2 heterocycles. The molecule has 1 aliphatic heterocycles. The Hall–Kier alpha value is -0.920. The van der Waals surface area contributed by atoms with Crippen molar-refractivity contribution in [3.05, 3.63) is 21.4 Å². The second kappa shape index (κ2) is 4.40. The van der Waals surface area contributed by atoms with Crippen molar-refractivity contribution >= 4 is 27.6 Å². The highest BCUT2D eigenvalue weighted by Crippen LogP contribution is 2.34. The second-order valence-corrected chi connectivity index (χ2v) is 7.12. The SMILES string of the molecule is CCCS(=O)(=O)N1N=Cc2cc(C)sc2C1O. The van der Waals surface area contributed by atoms with Crippen molar-refractivity contribution in [1.29, 1.82) is 0 Å². The number of aliphatic hydroxyl groups is 1. The number of hydrogen-bond acceptors (Lipinski definition) is 5. The summed E-state index contributed by atoms with van der Waals surface area (Å²) in [5.41, 5.74) is 0.794. The summed E-state index contributed by atoms with van der Waals surface area (Å²) < 4.78 is 24.5. The van der Waals surface area contributed by atoms with Crippen LogP contribution in [0.25, 0.3) is 0 Å². The molecule has 0 saturated carbocycles. The van der Waals surface area contributed by atoms with Crippen molar-refractivity contribution in [2.45, 2.75) is 26.5 Å². The molecule has 1 N–H and O–H groups in total. The fourth-order valence-electron chi connectivity index (χ4n) is 1.71. The lowest BCUT2D eigenvalue weighted by atomic mass is 10.2. The van der Waals surface area contributed by atoms with Crippen LogP contribution < -0.4 is 0 Å². The molecule has 0 radical (unpaired) electrons. The second-order valence-electron chi connectivity index (χ2n) is 3.88. The maximum atomic E-state index is 11.9. The van der Waals surface area contributed by atoms with E-state index in [4.69, 9.17) is 0 Å². The van der Waals surface area contributed by atoms with Crippen molar-refractivity contribution < 1.29 is 13.5 Å². The van der Waals surface area contributed by atoms with Gasteiger partial charge in [0, 0.05) is 10.4 Å². The summed E-state index contributed by atoms with van der Waals surface area (Å²) in [7, 11) is -3.52. The normalized spacial score (nSPS) is 19.5. The van der Waals surface area contributed by atoms with Gasteiger partial charge in [-0.05, 0) is 19.4 Å². The van der Waals surface area contributed by atoms with Crippen LogP contribution in [0.1, 0.15) is 34.9 Å². The van der Waals surface area contributed by atoms with E-state index in [1.807, 2.05) is 13.0 Å². The molecule has 0 aromatic carbocycles. The molecule has 0 amide bonds. The van der Waals surface area contributed by atoms with E-state index in [-0.39, 0.29) is 5.75 Å². The molecule has 17 heavy (non-hydrogen) atoms. The van der Waals surface area contributed by atoms with Gasteiger partial charge in [-0.25, -0.2) is 8.42 Å². The topological polar surface area (TPSA) is 70.0 Å². The minimum absolute atomic E-state index is 0.0128. The fraction of sp³-hybridized carbons (Fsp3) is 0.500. The van der Waals surface area contributed by atoms with E-state index in [9.17, 15) is 13.5 Å². The summed E-state index contributed by atoms with van der Waals surface area (Å²) in [4.78, 5) is 1.66. The van der Waals surface area contributed by atoms with Gasteiger partial charge in [0.15, 0.2) is 6.23 Å². The number of aryl methyl sites for hydroxylation is 1. The monoisotopic (exact) mass is 274 g/mol. The van der Waals surface area contributed by atoms with E-state index in [2.05, 4.69) is 5.10 Å². The molecule has 0 saturated heterocycles. The number of hydrazone groups is 1. The maximum absolute atomic E-state index is 11.9. The van der Waals surface area contributed by atoms with Crippen LogP contribution in [0.15, 0.2) is 11.2 Å². The van der Waals surface area contributed by atoms with E-state index < -0.39 is 16.3 Å². The van der Waals surface area contributed by atoms with Gasteiger partial charge in [0.05, 0.1) is 16.8 Å². The third-order valence-electron chi connectivity index (χ3n) is 2.42. The largest absolute Gasteiger partial charge is 0.367 e. The Balaban J connectivity index is 2.37. The molecule has 0 fully saturated rings. The van der Waals surface area contributed by atoms with Crippen molar-refractivity contribution in [3.8, 4) is 0 Å². The smallest absolute Gasteiger partial charge is 0.252 e. The lowest BCUT2D eigenvalue weighted by Gasteiger charge is -2.26. The average molecular weight is 274 g/mol. The molecule has 1 aliphatic rings. The van der Waals surface area contributed by atoms with Crippen LogP contribution in [0.5, 0.6) is 0 Å². The molecule has 7 heteroatoms. The number of sulfonamides is 1. The van der Waals surface area contributed by atoms with Gasteiger partial charge in [0.2, 0.25) is 0 Å². The standard InChI is InChI=1S/C10H14N2O3S2/c1-3-4-17(14,15)12-10(13)9-8(6-11-12)5-7(2)16-9/h5-6,10,13H,3-4H2,1-2H3. The molecule has 1 aromatic heterocycles. The highest BCUT2D eigenvalue weighted by molar-refractivity contribution is 7.89. The highest BCUT2D eigenvalue weighted by atomic mass is 32.2. The quantitative estimate of drug-likeness (QED) is 0.906. The Morgan fingerprint density at radius 2 is 2.29 bits per heavy atom. The zero-order valence-electron chi connectivity index (χ0n) is 9.62. The molecule has 2 rings (SSSR count). The number of fused-ring (bicyclic) bond motifs is 1. The van der Waals surface area contributed by atoms with Crippen molar-refractivity contribution in [2.75, 3.05) is 5.75 Å². The number of aliphatic hydroxyl groups excluding tert-OH is 1. The summed E-state index contributed by atoms with van der Waals surface area (Å²) in [6.07, 6.45) is 0.793. The fourth-order valence-corrected chi connectivity index (χ4v) is 4.05. The summed E-state index contributed by atoms with van der Waals surface area (Å²) >= 11 is 1.39. The number of thiophene rings is 1. The summed E-state index contributed by atoms with van der Waals surface area (Å²) in [6, 6.07) is 1.89. The molecule has 1 unspecified atom stereocenters. The number of rotatable bonds is 3. The summed E-state index contributed by atoms with van der Waals surface area (Å²) in [6.45, 7) is 3.69. The molecule has 1 aromatic rings. The highest BCUT2D eigenvalue weighted by Gasteiger charge is 2.32. The predicted molar refractivity (Wildman–Crippen MR) is 67.5 cm³/mol. The predicted octanol–water partition coefficient (Wildman–Crippen LogP) is 1.44. The van der Waals surface area contributed by atoms with Crippen LogP contribution in [-0.4, -0.2) is 29.9 Å². The first-order chi connectivity index (χ1) is 7.95. The van der Waals surface area contributed by atoms with Gasteiger partial charge in [-0.2, -0.15) is 9.52 Å². The van der Waals surface area contributed by atoms with Gasteiger partial charge >= 0.3 is 0 Å². The van der Waals surface area contributed by atoms with Crippen LogP contribution >= 0.6 is 11.3 Å². The van der Waals surface area contributed by atoms with Crippen molar-refractivity contribution in [3.63, 3.8) is 0 Å². The molecule has 94 valence electrons. The summed E-state index contributed by atoms with van der Waals surface area (Å²) in [5.74, 6) is -0.0128. The van der Waals surface area contributed by atoms with Crippen molar-refractivity contribution in [2.24, 2.45) is 5.10 Å². The Morgan fingerprint density at radius 1 is 1.59 bits per heavy atom. The lowest BCUT2D eigenvalue weighted by Crippen LogP contribution is -2.34. The van der Waals surface area contributed by atoms with Crippen LogP contribution in [0.2, 0.25) is 0 Å². The molecule has 0 aliphatic carbocycles. The Labute approximate surface area is 104 Å². The Kier molecular flexibility index (Phi) is 3.24. The zero-order chi connectivity index (χ0) is 12.6. The molecule has 0 bridgehead atoms. The van der Waals surface area contributed by atoms with Gasteiger partial charge in [0.1, 0.15) is 0 Å².